The van der Waals surface area contributed by atoms with E-state index in [0.717, 1.165) is 45.3 Å². The SMILES string of the molecule is CCCC1(C(=O)NCC2(C)CCC2)CCCNC1. The number of carbonyl (C=O) groups excluding carboxylic acids is 1. The number of hydrogen-bond donors (Lipinski definition) is 2. The van der Waals surface area contributed by atoms with E-state index in [2.05, 4.69) is 24.5 Å². The molecule has 1 saturated carbocycles. The summed E-state index contributed by atoms with van der Waals surface area (Å²) < 4.78 is 0. The summed E-state index contributed by atoms with van der Waals surface area (Å²) in [6.45, 7) is 7.27. The first-order valence-corrected chi connectivity index (χ1v) is 7.59. The summed E-state index contributed by atoms with van der Waals surface area (Å²) in [4.78, 5) is 12.5. The topological polar surface area (TPSA) is 41.1 Å². The summed E-state index contributed by atoms with van der Waals surface area (Å²) in [6, 6.07) is 0. The third-order valence-electron chi connectivity index (χ3n) is 4.92. The zero-order chi connectivity index (χ0) is 13.1. The van der Waals surface area contributed by atoms with Crippen LogP contribution in [0.4, 0.5) is 0 Å². The summed E-state index contributed by atoms with van der Waals surface area (Å²) in [6.07, 6.45) is 8.16. The van der Waals surface area contributed by atoms with E-state index in [0.29, 0.717) is 11.3 Å². The molecule has 2 aliphatic rings. The fourth-order valence-electron chi connectivity index (χ4n) is 3.41. The van der Waals surface area contributed by atoms with Crippen LogP contribution >= 0.6 is 0 Å². The second-order valence-electron chi connectivity index (χ2n) is 6.66. The summed E-state index contributed by atoms with van der Waals surface area (Å²) in [5, 5.41) is 6.65. The fourth-order valence-corrected chi connectivity index (χ4v) is 3.41. The first kappa shape index (κ1) is 13.9. The predicted molar refractivity (Wildman–Crippen MR) is 74.4 cm³/mol. The van der Waals surface area contributed by atoms with Crippen LogP contribution in [0.5, 0.6) is 0 Å². The second-order valence-corrected chi connectivity index (χ2v) is 6.66. The summed E-state index contributed by atoms with van der Waals surface area (Å²) in [7, 11) is 0. The molecule has 1 amide bonds. The smallest absolute Gasteiger partial charge is 0.227 e. The molecule has 0 aromatic carbocycles. The van der Waals surface area contributed by atoms with Crippen molar-refractivity contribution in [3.63, 3.8) is 0 Å². The molecule has 18 heavy (non-hydrogen) atoms. The zero-order valence-corrected chi connectivity index (χ0v) is 12.0. The normalized spacial score (nSPS) is 30.6. The van der Waals surface area contributed by atoms with Crippen molar-refractivity contribution in [3.05, 3.63) is 0 Å². The molecule has 1 aliphatic heterocycles. The standard InChI is InChI=1S/C15H28N2O/c1-3-6-15(9-5-10-16-12-15)13(18)17-11-14(2)7-4-8-14/h16H,3-12H2,1-2H3,(H,17,18). The van der Waals surface area contributed by atoms with Gasteiger partial charge in [-0.1, -0.05) is 26.7 Å². The van der Waals surface area contributed by atoms with Crippen molar-refractivity contribution in [1.82, 2.24) is 10.6 Å². The van der Waals surface area contributed by atoms with Gasteiger partial charge >= 0.3 is 0 Å². The monoisotopic (exact) mass is 252 g/mol. The van der Waals surface area contributed by atoms with Crippen LogP contribution in [0.3, 0.4) is 0 Å². The Hall–Kier alpha value is -0.570. The van der Waals surface area contributed by atoms with Crippen LogP contribution in [-0.2, 0) is 4.79 Å². The number of amides is 1. The Bertz CT molecular complexity index is 285. The minimum atomic E-state index is -0.132. The molecule has 1 atom stereocenters. The van der Waals surface area contributed by atoms with E-state index in [1.807, 2.05) is 0 Å². The molecule has 0 spiro atoms. The number of rotatable bonds is 5. The minimum Gasteiger partial charge on any atom is -0.355 e. The van der Waals surface area contributed by atoms with Crippen molar-refractivity contribution in [1.29, 1.82) is 0 Å². The largest absolute Gasteiger partial charge is 0.355 e. The Kier molecular flexibility index (Phi) is 4.31. The summed E-state index contributed by atoms with van der Waals surface area (Å²) in [5.41, 5.74) is 0.248. The summed E-state index contributed by atoms with van der Waals surface area (Å²) in [5.74, 6) is 0.296. The third kappa shape index (κ3) is 2.87. The Morgan fingerprint density at radius 3 is 2.56 bits per heavy atom. The van der Waals surface area contributed by atoms with Crippen molar-refractivity contribution in [2.24, 2.45) is 10.8 Å². The molecule has 1 aliphatic carbocycles. The van der Waals surface area contributed by atoms with Gasteiger partial charge in [-0.15, -0.1) is 0 Å². The molecule has 0 aromatic rings. The first-order valence-electron chi connectivity index (χ1n) is 7.59. The molecule has 2 N–H and O–H groups in total. The van der Waals surface area contributed by atoms with Gasteiger partial charge in [-0.2, -0.15) is 0 Å². The van der Waals surface area contributed by atoms with E-state index in [1.165, 1.54) is 19.3 Å². The highest BCUT2D eigenvalue weighted by atomic mass is 16.2. The maximum absolute atomic E-state index is 12.5. The van der Waals surface area contributed by atoms with Crippen LogP contribution < -0.4 is 10.6 Å². The van der Waals surface area contributed by atoms with Gasteiger partial charge in [0.2, 0.25) is 5.91 Å². The van der Waals surface area contributed by atoms with Crippen molar-refractivity contribution in [2.45, 2.75) is 58.8 Å². The van der Waals surface area contributed by atoms with Crippen molar-refractivity contribution in [3.8, 4) is 0 Å². The van der Waals surface area contributed by atoms with Gasteiger partial charge in [0.15, 0.2) is 0 Å². The molecule has 3 heteroatoms. The Labute approximate surface area is 111 Å². The maximum Gasteiger partial charge on any atom is 0.227 e. The van der Waals surface area contributed by atoms with Crippen LogP contribution in [0.25, 0.3) is 0 Å². The van der Waals surface area contributed by atoms with Gasteiger partial charge in [0.1, 0.15) is 0 Å². The van der Waals surface area contributed by atoms with Gasteiger partial charge < -0.3 is 10.6 Å². The number of carbonyl (C=O) groups is 1. The lowest BCUT2D eigenvalue weighted by Crippen LogP contribution is -2.52. The molecular weight excluding hydrogens is 224 g/mol. The van der Waals surface area contributed by atoms with Gasteiger partial charge in [0.05, 0.1) is 5.41 Å². The van der Waals surface area contributed by atoms with Crippen molar-refractivity contribution in [2.75, 3.05) is 19.6 Å². The van der Waals surface area contributed by atoms with Crippen LogP contribution in [-0.4, -0.2) is 25.5 Å². The predicted octanol–water partition coefficient (Wildman–Crippen LogP) is 2.46. The molecule has 0 aromatic heterocycles. The van der Waals surface area contributed by atoms with E-state index in [4.69, 9.17) is 0 Å². The lowest BCUT2D eigenvalue weighted by molar-refractivity contribution is -0.133. The average molecular weight is 252 g/mol. The molecule has 1 unspecified atom stereocenters. The molecule has 1 heterocycles. The lowest BCUT2D eigenvalue weighted by Gasteiger charge is -2.41. The van der Waals surface area contributed by atoms with E-state index in [-0.39, 0.29) is 5.41 Å². The Balaban J connectivity index is 1.90. The molecule has 2 fully saturated rings. The van der Waals surface area contributed by atoms with Crippen LogP contribution in [0.2, 0.25) is 0 Å². The molecule has 0 radical (unpaired) electrons. The Morgan fingerprint density at radius 1 is 1.28 bits per heavy atom. The number of piperidine rings is 1. The van der Waals surface area contributed by atoms with Gasteiger partial charge in [0, 0.05) is 13.1 Å². The first-order chi connectivity index (χ1) is 8.60. The van der Waals surface area contributed by atoms with E-state index in [9.17, 15) is 4.79 Å². The molecule has 104 valence electrons. The highest BCUT2D eigenvalue weighted by Crippen LogP contribution is 2.40. The van der Waals surface area contributed by atoms with Crippen molar-refractivity contribution >= 4 is 5.91 Å². The Morgan fingerprint density at radius 2 is 2.06 bits per heavy atom. The highest BCUT2D eigenvalue weighted by molar-refractivity contribution is 5.83. The minimum absolute atomic E-state index is 0.132. The van der Waals surface area contributed by atoms with Crippen LogP contribution in [0.1, 0.15) is 58.8 Å². The summed E-state index contributed by atoms with van der Waals surface area (Å²) >= 11 is 0. The molecule has 3 nitrogen and oxygen atoms in total. The van der Waals surface area contributed by atoms with E-state index < -0.39 is 0 Å². The second kappa shape index (κ2) is 5.60. The average Bonchev–Trinajstić information content (AvgIpc) is 2.35. The quantitative estimate of drug-likeness (QED) is 0.789. The molecular formula is C15H28N2O. The number of nitrogens with one attached hydrogen (secondary N) is 2. The lowest BCUT2D eigenvalue weighted by atomic mass is 9.70. The highest BCUT2D eigenvalue weighted by Gasteiger charge is 2.40. The van der Waals surface area contributed by atoms with Gasteiger partial charge in [-0.25, -0.2) is 0 Å². The fraction of sp³-hybridized carbons (Fsp3) is 0.933. The van der Waals surface area contributed by atoms with Gasteiger partial charge in [-0.3, -0.25) is 4.79 Å². The third-order valence-corrected chi connectivity index (χ3v) is 4.92. The van der Waals surface area contributed by atoms with E-state index in [1.54, 1.807) is 0 Å². The molecule has 2 rings (SSSR count). The maximum atomic E-state index is 12.5. The zero-order valence-electron chi connectivity index (χ0n) is 12.0. The van der Waals surface area contributed by atoms with Crippen LogP contribution in [0, 0.1) is 10.8 Å². The van der Waals surface area contributed by atoms with Crippen molar-refractivity contribution < 1.29 is 4.79 Å². The van der Waals surface area contributed by atoms with Gasteiger partial charge in [0.25, 0.3) is 0 Å². The number of hydrogen-bond acceptors (Lipinski definition) is 2. The molecule has 0 bridgehead atoms. The van der Waals surface area contributed by atoms with Gasteiger partial charge in [-0.05, 0) is 44.1 Å². The molecule has 1 saturated heterocycles. The van der Waals surface area contributed by atoms with Crippen LogP contribution in [0.15, 0.2) is 0 Å². The van der Waals surface area contributed by atoms with E-state index >= 15 is 0 Å².